The Morgan fingerprint density at radius 2 is 2.15 bits per heavy atom. The van der Waals surface area contributed by atoms with Gasteiger partial charge in [-0.05, 0) is 18.8 Å². The zero-order valence-electron chi connectivity index (χ0n) is 14.8. The predicted octanol–water partition coefficient (Wildman–Crippen LogP) is -0.576. The molecule has 1 aliphatic rings. The average molecular weight is 367 g/mol. The predicted molar refractivity (Wildman–Crippen MR) is 92.0 cm³/mol. The van der Waals surface area contributed by atoms with Gasteiger partial charge in [-0.1, -0.05) is 20.3 Å². The van der Waals surface area contributed by atoms with Crippen molar-refractivity contribution in [1.82, 2.24) is 20.6 Å². The Hall–Kier alpha value is -2.62. The van der Waals surface area contributed by atoms with E-state index >= 15 is 0 Å². The molecule has 1 saturated heterocycles. The number of hydrogen-bond donors (Lipinski definition) is 5. The molecule has 144 valence electrons. The van der Waals surface area contributed by atoms with E-state index in [1.165, 1.54) is 0 Å². The van der Waals surface area contributed by atoms with E-state index in [-0.39, 0.29) is 11.8 Å². The molecule has 0 unspecified atom stereocenters. The fourth-order valence-electron chi connectivity index (χ4n) is 2.54. The number of ether oxygens (including phenoxy) is 1. The number of rotatable bonds is 10. The number of carboxylic acid groups (broad SMARTS) is 1. The summed E-state index contributed by atoms with van der Waals surface area (Å²) in [5, 5.41) is 14.2. The molecule has 6 N–H and O–H groups in total. The van der Waals surface area contributed by atoms with E-state index in [9.17, 15) is 14.4 Å². The highest BCUT2D eigenvalue weighted by molar-refractivity contribution is 5.95. The van der Waals surface area contributed by atoms with Crippen molar-refractivity contribution in [3.63, 3.8) is 0 Å². The van der Waals surface area contributed by atoms with Crippen molar-refractivity contribution in [2.24, 2.45) is 5.92 Å². The number of carbonyl (C=O) groups is 3. The largest absolute Gasteiger partial charge is 0.479 e. The van der Waals surface area contributed by atoms with E-state index in [4.69, 9.17) is 15.6 Å². The van der Waals surface area contributed by atoms with Gasteiger partial charge in [0.1, 0.15) is 6.04 Å². The number of amides is 2. The van der Waals surface area contributed by atoms with Gasteiger partial charge < -0.3 is 31.2 Å². The summed E-state index contributed by atoms with van der Waals surface area (Å²) in [5.41, 5.74) is 6.38. The molecule has 1 aliphatic heterocycles. The number of anilines is 1. The molecule has 2 amide bonds. The van der Waals surface area contributed by atoms with E-state index in [2.05, 4.69) is 20.6 Å². The molecule has 0 bridgehead atoms. The number of nitrogen functional groups attached to an aromatic ring is 1. The minimum Gasteiger partial charge on any atom is -0.479 e. The summed E-state index contributed by atoms with van der Waals surface area (Å²) >= 11 is 0. The van der Waals surface area contributed by atoms with Crippen molar-refractivity contribution in [1.29, 1.82) is 0 Å². The lowest BCUT2D eigenvalue weighted by Crippen LogP contribution is -2.51. The number of H-pyrrole nitrogens is 1. The maximum Gasteiger partial charge on any atom is 0.336 e. The van der Waals surface area contributed by atoms with Crippen LogP contribution < -0.4 is 16.4 Å². The van der Waals surface area contributed by atoms with E-state index in [1.54, 1.807) is 6.20 Å². The van der Waals surface area contributed by atoms with Gasteiger partial charge in [-0.2, -0.15) is 0 Å². The van der Waals surface area contributed by atoms with Crippen molar-refractivity contribution >= 4 is 23.7 Å². The Bertz CT molecular complexity index is 661. The molecule has 0 spiro atoms. The highest BCUT2D eigenvalue weighted by atomic mass is 16.6. The number of hydrogen-bond acceptors (Lipinski definition) is 6. The number of epoxide rings is 1. The van der Waals surface area contributed by atoms with Crippen LogP contribution in [0.3, 0.4) is 0 Å². The second kappa shape index (κ2) is 8.65. The van der Waals surface area contributed by atoms with Crippen LogP contribution in [-0.2, 0) is 25.5 Å². The standard InChI is InChI=1S/C16H25N5O5/c1-3-8(2)10(21-14(23)11-12(26-11)15(24)25)13(22)18-6-4-5-9-7-19-16(17)20-9/h7-8,10-12H,3-6H2,1-2H3,(H,18,22)(H,21,23)(H,24,25)(H3,17,19,20)/t8-,10-,11-,12-/m0/s1. The number of nitrogens with two attached hydrogens (primary N) is 1. The van der Waals surface area contributed by atoms with Gasteiger partial charge in [0, 0.05) is 12.2 Å². The van der Waals surface area contributed by atoms with Crippen LogP contribution in [0.5, 0.6) is 0 Å². The zero-order valence-corrected chi connectivity index (χ0v) is 14.8. The molecule has 0 saturated carbocycles. The van der Waals surface area contributed by atoms with Gasteiger partial charge in [0.15, 0.2) is 18.2 Å². The lowest BCUT2D eigenvalue weighted by molar-refractivity contribution is -0.138. The first-order chi connectivity index (χ1) is 12.3. The summed E-state index contributed by atoms with van der Waals surface area (Å²) < 4.78 is 4.82. The molecule has 0 aliphatic carbocycles. The summed E-state index contributed by atoms with van der Waals surface area (Å²) in [6, 6.07) is -0.742. The van der Waals surface area contributed by atoms with Gasteiger partial charge >= 0.3 is 5.97 Å². The van der Waals surface area contributed by atoms with Crippen LogP contribution in [0.25, 0.3) is 0 Å². The fourth-order valence-corrected chi connectivity index (χ4v) is 2.54. The summed E-state index contributed by atoms with van der Waals surface area (Å²) in [5.74, 6) is -1.82. The van der Waals surface area contributed by atoms with Crippen LogP contribution >= 0.6 is 0 Å². The minimum absolute atomic E-state index is 0.103. The number of carboxylic acids is 1. The highest BCUT2D eigenvalue weighted by Crippen LogP contribution is 2.23. The number of nitrogens with one attached hydrogen (secondary N) is 3. The smallest absolute Gasteiger partial charge is 0.336 e. The normalized spacial score (nSPS) is 20.8. The molecule has 0 radical (unpaired) electrons. The molecular formula is C16H25N5O5. The quantitative estimate of drug-likeness (QED) is 0.273. The Balaban J connectivity index is 1.80. The van der Waals surface area contributed by atoms with Gasteiger partial charge in [0.25, 0.3) is 5.91 Å². The van der Waals surface area contributed by atoms with E-state index in [0.29, 0.717) is 31.8 Å². The van der Waals surface area contributed by atoms with E-state index < -0.39 is 30.1 Å². The first-order valence-corrected chi connectivity index (χ1v) is 8.59. The molecule has 2 rings (SSSR count). The molecular weight excluding hydrogens is 342 g/mol. The molecule has 4 atom stereocenters. The fraction of sp³-hybridized carbons (Fsp3) is 0.625. The molecule has 1 aromatic rings. The number of carbonyl (C=O) groups excluding carboxylic acids is 2. The van der Waals surface area contributed by atoms with Crippen LogP contribution in [-0.4, -0.2) is 57.7 Å². The van der Waals surface area contributed by atoms with Crippen LogP contribution in [0.4, 0.5) is 5.95 Å². The first kappa shape index (κ1) is 19.7. The van der Waals surface area contributed by atoms with Gasteiger partial charge in [-0.15, -0.1) is 0 Å². The van der Waals surface area contributed by atoms with Crippen molar-refractivity contribution in [3.05, 3.63) is 11.9 Å². The van der Waals surface area contributed by atoms with Gasteiger partial charge in [-0.3, -0.25) is 9.59 Å². The average Bonchev–Trinajstić information content (AvgIpc) is 3.32. The molecule has 10 heteroatoms. The number of aryl methyl sites for hydroxylation is 1. The third-order valence-corrected chi connectivity index (χ3v) is 4.36. The second-order valence-electron chi connectivity index (χ2n) is 6.38. The topological polar surface area (TPSA) is 163 Å². The van der Waals surface area contributed by atoms with E-state index in [0.717, 1.165) is 5.69 Å². The van der Waals surface area contributed by atoms with Crippen LogP contribution in [0.2, 0.25) is 0 Å². The number of aliphatic carboxylic acids is 1. The third-order valence-electron chi connectivity index (χ3n) is 4.36. The van der Waals surface area contributed by atoms with Crippen LogP contribution in [0.1, 0.15) is 32.4 Å². The number of aromatic amines is 1. The van der Waals surface area contributed by atoms with Gasteiger partial charge in [0.05, 0.1) is 6.20 Å². The molecule has 10 nitrogen and oxygen atoms in total. The van der Waals surface area contributed by atoms with Gasteiger partial charge in [0.2, 0.25) is 5.91 Å². The second-order valence-corrected chi connectivity index (χ2v) is 6.38. The zero-order chi connectivity index (χ0) is 19.3. The Morgan fingerprint density at radius 1 is 1.42 bits per heavy atom. The van der Waals surface area contributed by atoms with Crippen molar-refractivity contribution in [2.45, 2.75) is 51.4 Å². The van der Waals surface area contributed by atoms with E-state index in [1.807, 2.05) is 13.8 Å². The highest BCUT2D eigenvalue weighted by Gasteiger charge is 2.51. The lowest BCUT2D eigenvalue weighted by atomic mass is 9.98. The van der Waals surface area contributed by atoms with Crippen molar-refractivity contribution in [2.75, 3.05) is 12.3 Å². The number of imidazole rings is 1. The molecule has 26 heavy (non-hydrogen) atoms. The van der Waals surface area contributed by atoms with Crippen LogP contribution in [0.15, 0.2) is 6.20 Å². The molecule has 2 heterocycles. The minimum atomic E-state index is -1.19. The maximum absolute atomic E-state index is 12.4. The molecule has 0 aromatic carbocycles. The Kier molecular flexibility index (Phi) is 6.56. The number of nitrogens with zero attached hydrogens (tertiary/aromatic N) is 1. The third kappa shape index (κ3) is 5.19. The molecule has 1 aromatic heterocycles. The lowest BCUT2D eigenvalue weighted by Gasteiger charge is -2.23. The summed E-state index contributed by atoms with van der Waals surface area (Å²) in [6.45, 7) is 4.19. The maximum atomic E-state index is 12.4. The monoisotopic (exact) mass is 367 g/mol. The summed E-state index contributed by atoms with van der Waals surface area (Å²) in [4.78, 5) is 42.1. The van der Waals surface area contributed by atoms with Crippen molar-refractivity contribution < 1.29 is 24.2 Å². The Morgan fingerprint density at radius 3 is 2.69 bits per heavy atom. The molecule has 1 fully saturated rings. The van der Waals surface area contributed by atoms with Gasteiger partial charge in [-0.25, -0.2) is 9.78 Å². The summed E-state index contributed by atoms with van der Waals surface area (Å²) in [6.07, 6.45) is 1.53. The number of aromatic nitrogens is 2. The Labute approximate surface area is 150 Å². The van der Waals surface area contributed by atoms with Crippen molar-refractivity contribution in [3.8, 4) is 0 Å². The SMILES string of the molecule is CC[C@H](C)[C@H](NC(=O)[C@H]1O[C@@H]1C(=O)O)C(=O)NCCCc1cnc(N)[nH]1. The summed E-state index contributed by atoms with van der Waals surface area (Å²) in [7, 11) is 0. The first-order valence-electron chi connectivity index (χ1n) is 8.59. The van der Waals surface area contributed by atoms with Crippen LogP contribution in [0, 0.1) is 5.92 Å².